The third-order valence-electron chi connectivity index (χ3n) is 3.10. The number of carbonyl (C=O) groups excluding carboxylic acids is 1. The van der Waals surface area contributed by atoms with Crippen LogP contribution >= 0.6 is 0 Å². The van der Waals surface area contributed by atoms with Crippen LogP contribution in [0.25, 0.3) is 0 Å². The van der Waals surface area contributed by atoms with Crippen LogP contribution in [0.1, 0.15) is 41.4 Å². The predicted molar refractivity (Wildman–Crippen MR) is 76.3 cm³/mol. The molecule has 0 aliphatic rings. The van der Waals surface area contributed by atoms with E-state index in [0.29, 0.717) is 6.42 Å². The number of aryl methyl sites for hydroxylation is 1. The van der Waals surface area contributed by atoms with Gasteiger partial charge in [-0.3, -0.25) is 9.89 Å². The number of anilines is 1. The molecule has 0 atom stereocenters. The van der Waals surface area contributed by atoms with Crippen molar-refractivity contribution in [2.24, 2.45) is 0 Å². The fourth-order valence-corrected chi connectivity index (χ4v) is 1.90. The van der Waals surface area contributed by atoms with Crippen LogP contribution in [0.2, 0.25) is 0 Å². The molecule has 19 heavy (non-hydrogen) atoms. The van der Waals surface area contributed by atoms with Crippen LogP contribution < -0.4 is 5.32 Å². The summed E-state index contributed by atoms with van der Waals surface area (Å²) in [5.74, 6) is 0.208. The topological polar surface area (TPSA) is 57.8 Å². The van der Waals surface area contributed by atoms with Crippen molar-refractivity contribution in [3.05, 3.63) is 47.3 Å². The van der Waals surface area contributed by atoms with Crippen LogP contribution in [0, 0.1) is 6.92 Å². The number of hydrogen-bond donors (Lipinski definition) is 2. The van der Waals surface area contributed by atoms with Crippen LogP contribution in [0.4, 0.5) is 5.69 Å². The van der Waals surface area contributed by atoms with Gasteiger partial charge >= 0.3 is 0 Å². The monoisotopic (exact) mass is 257 g/mol. The summed E-state index contributed by atoms with van der Waals surface area (Å²) in [6.45, 7) is 4.71. The van der Waals surface area contributed by atoms with Gasteiger partial charge in [0.2, 0.25) is 0 Å². The summed E-state index contributed by atoms with van der Waals surface area (Å²) in [4.78, 5) is 11.7. The lowest BCUT2D eigenvalue weighted by molar-refractivity contribution is 0.0982. The molecule has 1 aromatic heterocycles. The first-order chi connectivity index (χ1) is 9.20. The zero-order valence-corrected chi connectivity index (χ0v) is 11.4. The molecule has 0 fully saturated rings. The van der Waals surface area contributed by atoms with E-state index in [2.05, 4.69) is 15.5 Å². The number of aromatic nitrogens is 2. The molecular weight excluding hydrogens is 238 g/mol. The van der Waals surface area contributed by atoms with E-state index in [1.807, 2.05) is 44.3 Å². The van der Waals surface area contributed by atoms with Gasteiger partial charge in [0, 0.05) is 36.0 Å². The molecule has 0 radical (unpaired) electrons. The van der Waals surface area contributed by atoms with E-state index in [1.165, 1.54) is 0 Å². The van der Waals surface area contributed by atoms with Crippen LogP contribution in [-0.4, -0.2) is 16.0 Å². The average Bonchev–Trinajstić information content (AvgIpc) is 2.83. The van der Waals surface area contributed by atoms with Crippen LogP contribution in [0.3, 0.4) is 0 Å². The van der Waals surface area contributed by atoms with Crippen molar-refractivity contribution in [3.63, 3.8) is 0 Å². The number of Topliss-reactive ketones (excluding diaryl/α,β-unsaturated/α-hetero) is 1. The Bertz CT molecular complexity index is 543. The molecule has 100 valence electrons. The van der Waals surface area contributed by atoms with Gasteiger partial charge in [-0.05, 0) is 37.6 Å². The molecule has 0 saturated carbocycles. The first kappa shape index (κ1) is 13.3. The van der Waals surface area contributed by atoms with Gasteiger partial charge in [-0.1, -0.05) is 6.92 Å². The summed E-state index contributed by atoms with van der Waals surface area (Å²) < 4.78 is 0. The molecule has 4 nitrogen and oxygen atoms in total. The normalized spacial score (nSPS) is 10.4. The zero-order chi connectivity index (χ0) is 13.7. The molecule has 1 aromatic carbocycles. The van der Waals surface area contributed by atoms with Gasteiger partial charge in [-0.2, -0.15) is 5.10 Å². The maximum atomic E-state index is 11.7. The van der Waals surface area contributed by atoms with Crippen molar-refractivity contribution < 1.29 is 4.79 Å². The van der Waals surface area contributed by atoms with E-state index in [4.69, 9.17) is 0 Å². The molecule has 0 aliphatic carbocycles. The number of nitrogens with zero attached hydrogens (tertiary/aromatic N) is 1. The highest BCUT2D eigenvalue weighted by Gasteiger charge is 2.04. The highest BCUT2D eigenvalue weighted by Crippen LogP contribution is 2.13. The molecular formula is C15H19N3O. The molecule has 0 unspecified atom stereocenters. The highest BCUT2D eigenvalue weighted by atomic mass is 16.1. The van der Waals surface area contributed by atoms with Crippen molar-refractivity contribution in [2.75, 3.05) is 5.32 Å². The highest BCUT2D eigenvalue weighted by molar-refractivity contribution is 5.96. The number of carbonyl (C=O) groups is 1. The maximum absolute atomic E-state index is 11.7. The SMILES string of the molecule is CCCC(=O)c1ccc(NCc2c[nH]nc2C)cc1. The minimum atomic E-state index is 0.208. The van der Waals surface area contributed by atoms with Crippen LogP contribution in [-0.2, 0) is 6.54 Å². The fraction of sp³-hybridized carbons (Fsp3) is 0.333. The Balaban J connectivity index is 1.95. The van der Waals surface area contributed by atoms with Gasteiger partial charge < -0.3 is 5.32 Å². The third-order valence-corrected chi connectivity index (χ3v) is 3.10. The standard InChI is InChI=1S/C15H19N3O/c1-3-4-15(19)12-5-7-14(8-6-12)16-9-13-10-17-18-11(13)2/h5-8,10,16H,3-4,9H2,1-2H3,(H,17,18). The first-order valence-corrected chi connectivity index (χ1v) is 6.57. The first-order valence-electron chi connectivity index (χ1n) is 6.57. The number of hydrogen-bond acceptors (Lipinski definition) is 3. The van der Waals surface area contributed by atoms with Crippen molar-refractivity contribution in [1.82, 2.24) is 10.2 Å². The van der Waals surface area contributed by atoms with Crippen molar-refractivity contribution in [3.8, 4) is 0 Å². The Kier molecular flexibility index (Phi) is 4.34. The third kappa shape index (κ3) is 3.44. The van der Waals surface area contributed by atoms with Crippen LogP contribution in [0.5, 0.6) is 0 Å². The van der Waals surface area contributed by atoms with Crippen LogP contribution in [0.15, 0.2) is 30.5 Å². The molecule has 2 N–H and O–H groups in total. The number of nitrogens with one attached hydrogen (secondary N) is 2. The summed E-state index contributed by atoms with van der Waals surface area (Å²) in [5.41, 5.74) is 3.94. The fourth-order valence-electron chi connectivity index (χ4n) is 1.90. The summed E-state index contributed by atoms with van der Waals surface area (Å²) in [5, 5.41) is 10.2. The second-order valence-corrected chi connectivity index (χ2v) is 4.60. The summed E-state index contributed by atoms with van der Waals surface area (Å²) in [6.07, 6.45) is 3.39. The summed E-state index contributed by atoms with van der Waals surface area (Å²) >= 11 is 0. The molecule has 2 rings (SSSR count). The molecule has 4 heteroatoms. The Morgan fingerprint density at radius 1 is 1.32 bits per heavy atom. The summed E-state index contributed by atoms with van der Waals surface area (Å²) in [7, 11) is 0. The lowest BCUT2D eigenvalue weighted by Gasteiger charge is -2.06. The minimum Gasteiger partial charge on any atom is -0.381 e. The number of aromatic amines is 1. The smallest absolute Gasteiger partial charge is 0.162 e. The van der Waals surface area contributed by atoms with E-state index < -0.39 is 0 Å². The van der Waals surface area contributed by atoms with Gasteiger partial charge in [-0.15, -0.1) is 0 Å². The minimum absolute atomic E-state index is 0.208. The number of H-pyrrole nitrogens is 1. The van der Waals surface area contributed by atoms with Gasteiger partial charge in [0.25, 0.3) is 0 Å². The molecule has 0 saturated heterocycles. The van der Waals surface area contributed by atoms with Gasteiger partial charge in [0.05, 0.1) is 5.69 Å². The molecule has 2 aromatic rings. The van der Waals surface area contributed by atoms with Gasteiger partial charge in [0.1, 0.15) is 0 Å². The Labute approximate surface area is 113 Å². The van der Waals surface area contributed by atoms with Gasteiger partial charge in [-0.25, -0.2) is 0 Å². The zero-order valence-electron chi connectivity index (χ0n) is 11.4. The van der Waals surface area contributed by atoms with E-state index >= 15 is 0 Å². The van der Waals surface area contributed by atoms with Crippen molar-refractivity contribution >= 4 is 11.5 Å². The second-order valence-electron chi connectivity index (χ2n) is 4.60. The molecule has 0 spiro atoms. The van der Waals surface area contributed by atoms with E-state index in [-0.39, 0.29) is 5.78 Å². The quantitative estimate of drug-likeness (QED) is 0.780. The second kappa shape index (κ2) is 6.18. The van der Waals surface area contributed by atoms with E-state index in [0.717, 1.165) is 35.5 Å². The number of ketones is 1. The maximum Gasteiger partial charge on any atom is 0.162 e. The Morgan fingerprint density at radius 3 is 2.63 bits per heavy atom. The molecule has 0 bridgehead atoms. The lowest BCUT2D eigenvalue weighted by atomic mass is 10.1. The average molecular weight is 257 g/mol. The lowest BCUT2D eigenvalue weighted by Crippen LogP contribution is -2.01. The largest absolute Gasteiger partial charge is 0.381 e. The van der Waals surface area contributed by atoms with Crippen molar-refractivity contribution in [2.45, 2.75) is 33.2 Å². The summed E-state index contributed by atoms with van der Waals surface area (Å²) in [6, 6.07) is 7.64. The predicted octanol–water partition coefficient (Wildman–Crippen LogP) is 3.31. The Hall–Kier alpha value is -2.10. The van der Waals surface area contributed by atoms with Crippen molar-refractivity contribution in [1.29, 1.82) is 0 Å². The molecule has 1 heterocycles. The van der Waals surface area contributed by atoms with E-state index in [9.17, 15) is 4.79 Å². The van der Waals surface area contributed by atoms with Gasteiger partial charge in [0.15, 0.2) is 5.78 Å². The number of rotatable bonds is 6. The Morgan fingerprint density at radius 2 is 2.05 bits per heavy atom. The van der Waals surface area contributed by atoms with E-state index in [1.54, 1.807) is 0 Å². The molecule has 0 aliphatic heterocycles. The number of benzene rings is 1. The molecule has 0 amide bonds.